The van der Waals surface area contributed by atoms with Crippen LogP contribution in [0.5, 0.6) is 0 Å². The van der Waals surface area contributed by atoms with Gasteiger partial charge in [0.05, 0.1) is 19.0 Å². The van der Waals surface area contributed by atoms with Crippen LogP contribution in [0.2, 0.25) is 0 Å². The van der Waals surface area contributed by atoms with Gasteiger partial charge in [-0.05, 0) is 38.5 Å². The number of nitrogens with zero attached hydrogens (tertiary/aromatic N) is 4. The van der Waals surface area contributed by atoms with Crippen molar-refractivity contribution in [2.24, 2.45) is 5.73 Å². The summed E-state index contributed by atoms with van der Waals surface area (Å²) in [5, 5.41) is 6.94. The van der Waals surface area contributed by atoms with Crippen LogP contribution in [0.3, 0.4) is 0 Å². The van der Waals surface area contributed by atoms with Crippen molar-refractivity contribution in [3.05, 3.63) is 6.33 Å². The average molecular weight is 432 g/mol. The van der Waals surface area contributed by atoms with E-state index in [0.29, 0.717) is 24.1 Å². The second kappa shape index (κ2) is 10.4. The molecule has 2 aromatic rings. The number of nitrogens with two attached hydrogens (primary N) is 1. The van der Waals surface area contributed by atoms with Gasteiger partial charge in [0.2, 0.25) is 5.95 Å². The maximum Gasteiger partial charge on any atom is 0.227 e. The zero-order valence-corrected chi connectivity index (χ0v) is 17.9. The third-order valence-electron chi connectivity index (χ3n) is 5.37. The molecule has 0 bridgehead atoms. The monoisotopic (exact) mass is 431 g/mol. The minimum atomic E-state index is 0. The van der Waals surface area contributed by atoms with Crippen LogP contribution in [0.4, 0.5) is 11.8 Å². The Hall–Kier alpha value is -1.35. The molecular weight excluding hydrogens is 401 g/mol. The number of fused-ring (bicyclic) bond motifs is 1. The van der Waals surface area contributed by atoms with Crippen molar-refractivity contribution in [3.63, 3.8) is 0 Å². The summed E-state index contributed by atoms with van der Waals surface area (Å²) in [6.45, 7) is 4.52. The third kappa shape index (κ3) is 4.97. The summed E-state index contributed by atoms with van der Waals surface area (Å²) < 4.78 is 7.69. The van der Waals surface area contributed by atoms with E-state index in [2.05, 4.69) is 27.1 Å². The summed E-state index contributed by atoms with van der Waals surface area (Å²) in [6, 6.07) is 1.02. The van der Waals surface area contributed by atoms with E-state index in [-0.39, 0.29) is 24.8 Å². The van der Waals surface area contributed by atoms with Crippen LogP contribution in [0.1, 0.15) is 51.5 Å². The average Bonchev–Trinajstić information content (AvgIpc) is 3.31. The summed E-state index contributed by atoms with van der Waals surface area (Å²) in [6.07, 6.45) is 8.14. The lowest BCUT2D eigenvalue weighted by Crippen LogP contribution is -2.33. The Bertz CT molecular complexity index is 743. The summed E-state index contributed by atoms with van der Waals surface area (Å²) >= 11 is 0. The van der Waals surface area contributed by atoms with Crippen molar-refractivity contribution in [1.29, 1.82) is 0 Å². The molecule has 2 aromatic heterocycles. The van der Waals surface area contributed by atoms with Gasteiger partial charge in [0.15, 0.2) is 17.0 Å². The minimum absolute atomic E-state index is 0. The smallest absolute Gasteiger partial charge is 0.227 e. The fourth-order valence-electron chi connectivity index (χ4n) is 3.80. The zero-order valence-electron chi connectivity index (χ0n) is 16.3. The van der Waals surface area contributed by atoms with Crippen LogP contribution in [0.25, 0.3) is 11.2 Å². The minimum Gasteiger partial charge on any atom is -0.379 e. The summed E-state index contributed by atoms with van der Waals surface area (Å²) in [5.41, 5.74) is 7.74. The Labute approximate surface area is 178 Å². The van der Waals surface area contributed by atoms with Crippen LogP contribution in [-0.4, -0.2) is 51.4 Å². The topological polar surface area (TPSA) is 103 Å². The maximum absolute atomic E-state index is 6.03. The van der Waals surface area contributed by atoms with Gasteiger partial charge in [-0.3, -0.25) is 0 Å². The van der Waals surface area contributed by atoms with E-state index < -0.39 is 0 Å². The van der Waals surface area contributed by atoms with E-state index >= 15 is 0 Å². The van der Waals surface area contributed by atoms with Gasteiger partial charge in [0, 0.05) is 25.2 Å². The molecule has 0 spiro atoms. The number of aromatic nitrogens is 4. The van der Waals surface area contributed by atoms with Crippen molar-refractivity contribution in [2.75, 3.05) is 30.4 Å². The molecule has 3 heterocycles. The maximum atomic E-state index is 6.03. The molecule has 4 rings (SSSR count). The summed E-state index contributed by atoms with van der Waals surface area (Å²) in [7, 11) is 0. The van der Waals surface area contributed by atoms with Crippen LogP contribution < -0.4 is 16.4 Å². The SMILES string of the molecule is CCCNc1nc(N[C@H]2CC[C@H](N)CC2)nc2c1ncn2C1CCOC1.Cl.Cl. The van der Waals surface area contributed by atoms with Gasteiger partial charge in [0.1, 0.15) is 0 Å². The number of hydrogen-bond donors (Lipinski definition) is 3. The number of rotatable bonds is 6. The fraction of sp³-hybridized carbons (Fsp3) is 0.722. The Morgan fingerprint density at radius 1 is 1.18 bits per heavy atom. The largest absolute Gasteiger partial charge is 0.379 e. The molecule has 1 unspecified atom stereocenters. The van der Waals surface area contributed by atoms with Gasteiger partial charge < -0.3 is 25.7 Å². The predicted molar refractivity (Wildman–Crippen MR) is 117 cm³/mol. The van der Waals surface area contributed by atoms with Crippen molar-refractivity contribution in [3.8, 4) is 0 Å². The Kier molecular flexibility index (Phi) is 8.55. The van der Waals surface area contributed by atoms with Gasteiger partial charge in [-0.1, -0.05) is 6.92 Å². The molecule has 1 atom stereocenters. The molecule has 0 aromatic carbocycles. The molecule has 0 radical (unpaired) electrons. The molecular formula is C18H31Cl2N7O. The lowest BCUT2D eigenvalue weighted by molar-refractivity contribution is 0.187. The highest BCUT2D eigenvalue weighted by Crippen LogP contribution is 2.28. The van der Waals surface area contributed by atoms with E-state index in [1.807, 2.05) is 6.33 Å². The molecule has 4 N–H and O–H groups in total. The standard InChI is InChI=1S/C18H29N7O.2ClH/c1-2-8-20-16-15-17(25(11-21-15)14-7-9-26-10-14)24-18(23-16)22-13-5-3-12(19)4-6-13;;/h11-14H,2-10,19H2,1H3,(H2,20,22,23,24);2*1H/t12-,13-,14?;;. The van der Waals surface area contributed by atoms with Gasteiger partial charge in [-0.25, -0.2) is 4.98 Å². The van der Waals surface area contributed by atoms with E-state index in [9.17, 15) is 0 Å². The van der Waals surface area contributed by atoms with Gasteiger partial charge >= 0.3 is 0 Å². The fourth-order valence-corrected chi connectivity index (χ4v) is 3.80. The number of anilines is 2. The quantitative estimate of drug-likeness (QED) is 0.645. The molecule has 1 aliphatic carbocycles. The van der Waals surface area contributed by atoms with Crippen LogP contribution in [-0.2, 0) is 4.74 Å². The second-order valence-corrected chi connectivity index (χ2v) is 7.42. The van der Waals surface area contributed by atoms with Crippen molar-refractivity contribution in [2.45, 2.75) is 63.6 Å². The lowest BCUT2D eigenvalue weighted by atomic mass is 9.92. The van der Waals surface area contributed by atoms with Gasteiger partial charge in [-0.15, -0.1) is 24.8 Å². The molecule has 158 valence electrons. The highest BCUT2D eigenvalue weighted by atomic mass is 35.5. The van der Waals surface area contributed by atoms with Gasteiger partial charge in [-0.2, -0.15) is 9.97 Å². The second-order valence-electron chi connectivity index (χ2n) is 7.42. The first-order valence-electron chi connectivity index (χ1n) is 9.83. The molecule has 2 fully saturated rings. The number of nitrogens with one attached hydrogen (secondary N) is 2. The van der Waals surface area contributed by atoms with E-state index in [4.69, 9.17) is 20.4 Å². The first-order valence-corrected chi connectivity index (χ1v) is 9.83. The number of halogens is 2. The number of ether oxygens (including phenoxy) is 1. The molecule has 10 heteroatoms. The normalized spacial score (nSPS) is 24.4. The Balaban J connectivity index is 0.00000140. The summed E-state index contributed by atoms with van der Waals surface area (Å²) in [5.74, 6) is 1.49. The van der Waals surface area contributed by atoms with E-state index in [1.165, 1.54) is 0 Å². The van der Waals surface area contributed by atoms with Crippen molar-refractivity contribution in [1.82, 2.24) is 19.5 Å². The lowest BCUT2D eigenvalue weighted by Gasteiger charge is -2.27. The molecule has 1 aliphatic heterocycles. The molecule has 1 saturated carbocycles. The Morgan fingerprint density at radius 3 is 2.64 bits per heavy atom. The molecule has 0 amide bonds. The predicted octanol–water partition coefficient (Wildman–Crippen LogP) is 3.14. The van der Waals surface area contributed by atoms with Crippen molar-refractivity contribution >= 4 is 47.7 Å². The third-order valence-corrected chi connectivity index (χ3v) is 5.37. The number of imidazole rings is 1. The molecule has 8 nitrogen and oxygen atoms in total. The van der Waals surface area contributed by atoms with E-state index in [1.54, 1.807) is 0 Å². The Morgan fingerprint density at radius 2 is 1.96 bits per heavy atom. The first-order chi connectivity index (χ1) is 12.7. The molecule has 2 aliphatic rings. The van der Waals surface area contributed by atoms with Crippen LogP contribution in [0.15, 0.2) is 6.33 Å². The highest BCUT2D eigenvalue weighted by Gasteiger charge is 2.24. The van der Waals surface area contributed by atoms with Crippen LogP contribution in [0, 0.1) is 0 Å². The number of hydrogen-bond acceptors (Lipinski definition) is 7. The van der Waals surface area contributed by atoms with Gasteiger partial charge in [0.25, 0.3) is 0 Å². The van der Waals surface area contributed by atoms with E-state index in [0.717, 1.165) is 75.3 Å². The summed E-state index contributed by atoms with van der Waals surface area (Å²) in [4.78, 5) is 14.1. The highest BCUT2D eigenvalue weighted by molar-refractivity contribution is 5.86. The first kappa shape index (κ1) is 22.9. The van der Waals surface area contributed by atoms with Crippen molar-refractivity contribution < 1.29 is 4.74 Å². The molecule has 28 heavy (non-hydrogen) atoms. The molecule has 1 saturated heterocycles. The zero-order chi connectivity index (χ0) is 17.9. The van der Waals surface area contributed by atoms with Crippen LogP contribution >= 0.6 is 24.8 Å².